The molecule has 0 aliphatic carbocycles. The van der Waals surface area contributed by atoms with E-state index in [1.54, 1.807) is 0 Å². The van der Waals surface area contributed by atoms with E-state index in [9.17, 15) is 0 Å². The molecular formula is C20H30N4. The molecule has 1 saturated heterocycles. The van der Waals surface area contributed by atoms with E-state index in [4.69, 9.17) is 5.10 Å². The van der Waals surface area contributed by atoms with Gasteiger partial charge >= 0.3 is 0 Å². The number of rotatable bonds is 5. The number of aryl methyl sites for hydroxylation is 1. The Morgan fingerprint density at radius 2 is 1.79 bits per heavy atom. The molecule has 0 bridgehead atoms. The summed E-state index contributed by atoms with van der Waals surface area (Å²) in [6, 6.07) is 11.1. The lowest BCUT2D eigenvalue weighted by Gasteiger charge is -2.36. The summed E-state index contributed by atoms with van der Waals surface area (Å²) < 4.78 is 2.08. The third-order valence-corrected chi connectivity index (χ3v) is 5.48. The Kier molecular flexibility index (Phi) is 5.36. The zero-order valence-corrected chi connectivity index (χ0v) is 15.5. The number of likely N-dealkylation sites (tertiary alicyclic amines) is 1. The lowest BCUT2D eigenvalue weighted by atomic mass is 10.0. The van der Waals surface area contributed by atoms with Crippen molar-refractivity contribution < 1.29 is 0 Å². The second kappa shape index (κ2) is 7.49. The van der Waals surface area contributed by atoms with E-state index in [1.165, 1.54) is 43.7 Å². The average Bonchev–Trinajstić information content (AvgIpc) is 2.90. The van der Waals surface area contributed by atoms with Crippen molar-refractivity contribution in [2.75, 3.05) is 26.7 Å². The maximum absolute atomic E-state index is 4.79. The molecule has 0 unspecified atom stereocenters. The lowest BCUT2D eigenvalue weighted by Crippen LogP contribution is -2.43. The van der Waals surface area contributed by atoms with Crippen LogP contribution in [0.25, 0.3) is 5.69 Å². The van der Waals surface area contributed by atoms with Crippen LogP contribution in [-0.2, 0) is 6.54 Å². The summed E-state index contributed by atoms with van der Waals surface area (Å²) in [6.45, 7) is 11.2. The maximum atomic E-state index is 4.79. The first kappa shape index (κ1) is 17.2. The summed E-state index contributed by atoms with van der Waals surface area (Å²) in [5.41, 5.74) is 4.92. The average molecular weight is 326 g/mol. The zero-order chi connectivity index (χ0) is 17.1. The summed E-state index contributed by atoms with van der Waals surface area (Å²) >= 11 is 0. The van der Waals surface area contributed by atoms with Gasteiger partial charge in [-0.1, -0.05) is 25.1 Å². The van der Waals surface area contributed by atoms with Crippen LogP contribution in [0, 0.1) is 13.8 Å². The molecule has 24 heavy (non-hydrogen) atoms. The molecule has 2 aromatic rings. The predicted molar refractivity (Wildman–Crippen MR) is 99.6 cm³/mol. The summed E-state index contributed by atoms with van der Waals surface area (Å²) in [4.78, 5) is 5.08. The molecule has 1 aliphatic heterocycles. The zero-order valence-electron chi connectivity index (χ0n) is 15.5. The number of piperidine rings is 1. The van der Waals surface area contributed by atoms with Crippen molar-refractivity contribution in [3.63, 3.8) is 0 Å². The van der Waals surface area contributed by atoms with Crippen LogP contribution in [0.3, 0.4) is 0 Å². The van der Waals surface area contributed by atoms with Crippen molar-refractivity contribution in [1.82, 2.24) is 19.6 Å². The molecule has 1 aliphatic rings. The van der Waals surface area contributed by atoms with Crippen molar-refractivity contribution in [2.24, 2.45) is 0 Å². The third-order valence-electron chi connectivity index (χ3n) is 5.48. The molecule has 0 spiro atoms. The highest BCUT2D eigenvalue weighted by atomic mass is 15.3. The minimum absolute atomic E-state index is 0.687. The van der Waals surface area contributed by atoms with Gasteiger partial charge < -0.3 is 4.90 Å². The van der Waals surface area contributed by atoms with Gasteiger partial charge in [-0.3, -0.25) is 4.90 Å². The molecular weight excluding hydrogens is 296 g/mol. The van der Waals surface area contributed by atoms with Gasteiger partial charge in [0.2, 0.25) is 0 Å². The standard InChI is InChI=1S/C20H30N4/c1-5-23-13-11-18(12-14-23)22(4)15-20-16(2)21-24(17(20)3)19-9-7-6-8-10-19/h6-10,18H,5,11-15H2,1-4H3. The topological polar surface area (TPSA) is 24.3 Å². The molecule has 1 aromatic carbocycles. The molecule has 4 nitrogen and oxygen atoms in total. The SMILES string of the molecule is CCN1CCC(N(C)Cc2c(C)nn(-c3ccccc3)c2C)CC1. The molecule has 130 valence electrons. The smallest absolute Gasteiger partial charge is 0.0648 e. The van der Waals surface area contributed by atoms with E-state index in [-0.39, 0.29) is 0 Å². The predicted octanol–water partition coefficient (Wildman–Crippen LogP) is 3.41. The first-order valence-electron chi connectivity index (χ1n) is 9.13. The van der Waals surface area contributed by atoms with E-state index in [0.29, 0.717) is 6.04 Å². The Morgan fingerprint density at radius 3 is 2.42 bits per heavy atom. The van der Waals surface area contributed by atoms with Crippen LogP contribution < -0.4 is 0 Å². The molecule has 1 fully saturated rings. The molecule has 2 heterocycles. The highest BCUT2D eigenvalue weighted by Crippen LogP contribution is 2.22. The van der Waals surface area contributed by atoms with Crippen LogP contribution in [0.15, 0.2) is 30.3 Å². The number of nitrogens with zero attached hydrogens (tertiary/aromatic N) is 4. The molecule has 3 rings (SSSR count). The van der Waals surface area contributed by atoms with Gasteiger partial charge in [0.1, 0.15) is 0 Å². The lowest BCUT2D eigenvalue weighted by molar-refractivity contribution is 0.127. The fourth-order valence-electron chi connectivity index (χ4n) is 3.78. The highest BCUT2D eigenvalue weighted by molar-refractivity contribution is 5.36. The molecule has 0 N–H and O–H groups in total. The van der Waals surface area contributed by atoms with Gasteiger partial charge in [-0.25, -0.2) is 4.68 Å². The fraction of sp³-hybridized carbons (Fsp3) is 0.550. The maximum Gasteiger partial charge on any atom is 0.0648 e. The summed E-state index contributed by atoms with van der Waals surface area (Å²) in [7, 11) is 2.27. The summed E-state index contributed by atoms with van der Waals surface area (Å²) in [6.07, 6.45) is 2.55. The first-order chi connectivity index (χ1) is 11.6. The van der Waals surface area contributed by atoms with Gasteiger partial charge in [0.25, 0.3) is 0 Å². The number of para-hydroxylation sites is 1. The van der Waals surface area contributed by atoms with Crippen molar-refractivity contribution in [2.45, 2.75) is 46.2 Å². The van der Waals surface area contributed by atoms with E-state index in [0.717, 1.165) is 17.9 Å². The first-order valence-corrected chi connectivity index (χ1v) is 9.13. The van der Waals surface area contributed by atoms with Gasteiger partial charge in [-0.2, -0.15) is 5.10 Å². The quantitative estimate of drug-likeness (QED) is 0.841. The van der Waals surface area contributed by atoms with E-state index in [1.807, 2.05) is 6.07 Å². The fourth-order valence-corrected chi connectivity index (χ4v) is 3.78. The minimum Gasteiger partial charge on any atom is -0.303 e. The molecule has 0 amide bonds. The van der Waals surface area contributed by atoms with E-state index in [2.05, 4.69) is 66.6 Å². The number of hydrogen-bond acceptors (Lipinski definition) is 3. The Labute approximate surface area is 146 Å². The monoisotopic (exact) mass is 326 g/mol. The van der Waals surface area contributed by atoms with Crippen LogP contribution in [-0.4, -0.2) is 52.3 Å². The minimum atomic E-state index is 0.687. The van der Waals surface area contributed by atoms with E-state index < -0.39 is 0 Å². The van der Waals surface area contributed by atoms with Gasteiger partial charge in [0.15, 0.2) is 0 Å². The van der Waals surface area contributed by atoms with Crippen LogP contribution in [0.2, 0.25) is 0 Å². The van der Waals surface area contributed by atoms with Crippen molar-refractivity contribution in [1.29, 1.82) is 0 Å². The highest BCUT2D eigenvalue weighted by Gasteiger charge is 2.23. The van der Waals surface area contributed by atoms with Crippen LogP contribution in [0.1, 0.15) is 36.7 Å². The van der Waals surface area contributed by atoms with Crippen LogP contribution in [0.5, 0.6) is 0 Å². The normalized spacial score (nSPS) is 16.9. The number of benzene rings is 1. The summed E-state index contributed by atoms with van der Waals surface area (Å²) in [5.74, 6) is 0. The Bertz CT molecular complexity index is 654. The molecule has 0 atom stereocenters. The molecule has 4 heteroatoms. The van der Waals surface area contributed by atoms with Gasteiger partial charge in [0.05, 0.1) is 11.4 Å². The Balaban J connectivity index is 1.73. The Morgan fingerprint density at radius 1 is 1.12 bits per heavy atom. The van der Waals surface area contributed by atoms with Gasteiger partial charge in [0, 0.05) is 23.8 Å². The van der Waals surface area contributed by atoms with Crippen molar-refractivity contribution in [3.05, 3.63) is 47.3 Å². The van der Waals surface area contributed by atoms with Crippen LogP contribution >= 0.6 is 0 Å². The second-order valence-corrected chi connectivity index (χ2v) is 6.98. The van der Waals surface area contributed by atoms with E-state index >= 15 is 0 Å². The number of aromatic nitrogens is 2. The van der Waals surface area contributed by atoms with Crippen LogP contribution in [0.4, 0.5) is 0 Å². The number of hydrogen-bond donors (Lipinski definition) is 0. The Hall–Kier alpha value is -1.65. The van der Waals surface area contributed by atoms with Crippen molar-refractivity contribution >= 4 is 0 Å². The molecule has 0 saturated carbocycles. The van der Waals surface area contributed by atoms with Gasteiger partial charge in [-0.15, -0.1) is 0 Å². The third kappa shape index (κ3) is 3.55. The summed E-state index contributed by atoms with van der Waals surface area (Å²) in [5, 5.41) is 4.79. The second-order valence-electron chi connectivity index (χ2n) is 6.98. The molecule has 1 aromatic heterocycles. The van der Waals surface area contributed by atoms with Crippen molar-refractivity contribution in [3.8, 4) is 5.69 Å². The largest absolute Gasteiger partial charge is 0.303 e. The van der Waals surface area contributed by atoms with Gasteiger partial charge in [-0.05, 0) is 65.5 Å². The molecule has 0 radical (unpaired) electrons.